The fraction of sp³-hybridized carbons (Fsp3) is 0.318. The molecular weight excluding hydrogens is 430 g/mol. The molecule has 1 aromatic heterocycles. The molecule has 0 aliphatic carbocycles. The molecular formula is C22H25N5O4S. The number of nitro benzene ring substituents is 1. The Bertz CT molecular complexity index is 1170. The SMILES string of the molecule is O=[N+]([O-])c1cc(S(=O)(=O)N2CCCCCC2)ccc1NCc1ccc(-n2cccn2)cc1. The van der Waals surface area contributed by atoms with Crippen LogP contribution >= 0.6 is 0 Å². The Morgan fingerprint density at radius 3 is 2.38 bits per heavy atom. The molecule has 1 aliphatic heterocycles. The molecule has 168 valence electrons. The zero-order valence-corrected chi connectivity index (χ0v) is 18.4. The van der Waals surface area contributed by atoms with Gasteiger partial charge in [-0.3, -0.25) is 10.1 Å². The van der Waals surface area contributed by atoms with Gasteiger partial charge in [0, 0.05) is 38.1 Å². The summed E-state index contributed by atoms with van der Waals surface area (Å²) >= 11 is 0. The van der Waals surface area contributed by atoms with Crippen molar-refractivity contribution >= 4 is 21.4 Å². The normalized spacial score (nSPS) is 15.2. The van der Waals surface area contributed by atoms with E-state index in [0.717, 1.165) is 43.0 Å². The molecule has 10 heteroatoms. The van der Waals surface area contributed by atoms with E-state index < -0.39 is 14.9 Å². The van der Waals surface area contributed by atoms with Crippen LogP contribution < -0.4 is 5.32 Å². The van der Waals surface area contributed by atoms with Gasteiger partial charge in [0.2, 0.25) is 10.0 Å². The van der Waals surface area contributed by atoms with E-state index in [1.54, 1.807) is 10.9 Å². The third-order valence-corrected chi connectivity index (χ3v) is 7.45. The Morgan fingerprint density at radius 2 is 1.75 bits per heavy atom. The van der Waals surface area contributed by atoms with Crippen LogP contribution in [0.5, 0.6) is 0 Å². The van der Waals surface area contributed by atoms with E-state index in [1.807, 2.05) is 36.5 Å². The van der Waals surface area contributed by atoms with Gasteiger partial charge in [-0.25, -0.2) is 13.1 Å². The highest BCUT2D eigenvalue weighted by Crippen LogP contribution is 2.30. The van der Waals surface area contributed by atoms with Crippen LogP contribution in [0, 0.1) is 10.1 Å². The van der Waals surface area contributed by atoms with E-state index in [-0.39, 0.29) is 16.3 Å². The molecule has 0 spiro atoms. The average molecular weight is 456 g/mol. The van der Waals surface area contributed by atoms with Crippen LogP contribution in [0.2, 0.25) is 0 Å². The fourth-order valence-corrected chi connectivity index (χ4v) is 5.33. The first kappa shape index (κ1) is 22.0. The maximum Gasteiger partial charge on any atom is 0.293 e. The summed E-state index contributed by atoms with van der Waals surface area (Å²) in [6.45, 7) is 1.26. The number of anilines is 1. The van der Waals surface area contributed by atoms with Gasteiger partial charge in [0.1, 0.15) is 5.69 Å². The van der Waals surface area contributed by atoms with E-state index in [0.29, 0.717) is 19.6 Å². The first-order valence-corrected chi connectivity index (χ1v) is 12.0. The van der Waals surface area contributed by atoms with Gasteiger partial charge >= 0.3 is 0 Å². The monoisotopic (exact) mass is 455 g/mol. The highest BCUT2D eigenvalue weighted by Gasteiger charge is 2.28. The Morgan fingerprint density at radius 1 is 1.03 bits per heavy atom. The quantitative estimate of drug-likeness (QED) is 0.427. The Kier molecular flexibility index (Phi) is 6.52. The van der Waals surface area contributed by atoms with Crippen molar-refractivity contribution in [3.05, 3.63) is 76.6 Å². The van der Waals surface area contributed by atoms with E-state index in [1.165, 1.54) is 16.4 Å². The number of benzene rings is 2. The summed E-state index contributed by atoms with van der Waals surface area (Å²) in [5.41, 5.74) is 1.86. The Balaban J connectivity index is 1.51. The van der Waals surface area contributed by atoms with Crippen molar-refractivity contribution in [2.45, 2.75) is 37.1 Å². The number of hydrogen-bond acceptors (Lipinski definition) is 6. The predicted molar refractivity (Wildman–Crippen MR) is 121 cm³/mol. The molecule has 0 unspecified atom stereocenters. The minimum atomic E-state index is -3.76. The van der Waals surface area contributed by atoms with Gasteiger partial charge in [-0.2, -0.15) is 9.40 Å². The van der Waals surface area contributed by atoms with Gasteiger partial charge in [-0.1, -0.05) is 25.0 Å². The second kappa shape index (κ2) is 9.49. The molecule has 0 radical (unpaired) electrons. The predicted octanol–water partition coefficient (Wildman–Crippen LogP) is 3.96. The number of nitro groups is 1. The summed E-state index contributed by atoms with van der Waals surface area (Å²) in [6.07, 6.45) is 7.15. The average Bonchev–Trinajstić information content (AvgIpc) is 3.19. The van der Waals surface area contributed by atoms with E-state index in [9.17, 15) is 18.5 Å². The van der Waals surface area contributed by atoms with Crippen LogP contribution in [-0.4, -0.2) is 40.5 Å². The van der Waals surface area contributed by atoms with Crippen LogP contribution in [0.4, 0.5) is 11.4 Å². The third kappa shape index (κ3) is 4.81. The highest BCUT2D eigenvalue weighted by molar-refractivity contribution is 7.89. The topological polar surface area (TPSA) is 110 Å². The second-order valence-corrected chi connectivity index (χ2v) is 9.66. The molecule has 1 aliphatic rings. The van der Waals surface area contributed by atoms with Crippen molar-refractivity contribution < 1.29 is 13.3 Å². The lowest BCUT2D eigenvalue weighted by molar-refractivity contribution is -0.384. The summed E-state index contributed by atoms with van der Waals surface area (Å²) in [5, 5.41) is 18.9. The van der Waals surface area contributed by atoms with Gasteiger partial charge in [0.25, 0.3) is 5.69 Å². The minimum Gasteiger partial charge on any atom is -0.375 e. The lowest BCUT2D eigenvalue weighted by atomic mass is 10.2. The van der Waals surface area contributed by atoms with Crippen molar-refractivity contribution in [1.82, 2.24) is 14.1 Å². The van der Waals surface area contributed by atoms with Crippen molar-refractivity contribution in [3.8, 4) is 5.69 Å². The van der Waals surface area contributed by atoms with Gasteiger partial charge < -0.3 is 5.32 Å². The first-order chi connectivity index (χ1) is 15.4. The first-order valence-electron chi connectivity index (χ1n) is 10.6. The summed E-state index contributed by atoms with van der Waals surface area (Å²) < 4.78 is 29.2. The molecule has 2 aromatic carbocycles. The number of aromatic nitrogens is 2. The number of sulfonamides is 1. The number of nitrogens with one attached hydrogen (secondary N) is 1. The molecule has 0 amide bonds. The molecule has 0 bridgehead atoms. The zero-order valence-electron chi connectivity index (χ0n) is 17.6. The lowest BCUT2D eigenvalue weighted by Crippen LogP contribution is -2.32. The third-order valence-electron chi connectivity index (χ3n) is 5.56. The van der Waals surface area contributed by atoms with Gasteiger partial charge in [0.05, 0.1) is 15.5 Å². The highest BCUT2D eigenvalue weighted by atomic mass is 32.2. The molecule has 4 rings (SSSR count). The van der Waals surface area contributed by atoms with Crippen molar-refractivity contribution in [1.29, 1.82) is 0 Å². The maximum atomic E-state index is 13.0. The molecule has 0 saturated carbocycles. The summed E-state index contributed by atoms with van der Waals surface area (Å²) in [7, 11) is -3.76. The lowest BCUT2D eigenvalue weighted by Gasteiger charge is -2.20. The molecule has 3 aromatic rings. The number of nitrogens with zero attached hydrogens (tertiary/aromatic N) is 4. The molecule has 9 nitrogen and oxygen atoms in total. The number of hydrogen-bond donors (Lipinski definition) is 1. The van der Waals surface area contributed by atoms with Gasteiger partial charge in [0.15, 0.2) is 0 Å². The summed E-state index contributed by atoms with van der Waals surface area (Å²) in [4.78, 5) is 11.1. The molecule has 32 heavy (non-hydrogen) atoms. The van der Waals surface area contributed by atoms with E-state index in [4.69, 9.17) is 0 Å². The van der Waals surface area contributed by atoms with Gasteiger partial charge in [-0.15, -0.1) is 0 Å². The molecule has 2 heterocycles. The van der Waals surface area contributed by atoms with Crippen molar-refractivity contribution in [2.75, 3.05) is 18.4 Å². The Labute approximate surface area is 186 Å². The second-order valence-electron chi connectivity index (χ2n) is 7.72. The largest absolute Gasteiger partial charge is 0.375 e. The molecule has 0 atom stereocenters. The van der Waals surface area contributed by atoms with Crippen LogP contribution in [0.1, 0.15) is 31.2 Å². The molecule has 1 fully saturated rings. The molecule has 1 saturated heterocycles. The van der Waals surface area contributed by atoms with Crippen LogP contribution in [0.15, 0.2) is 65.8 Å². The minimum absolute atomic E-state index is 0.0415. The van der Waals surface area contributed by atoms with Crippen LogP contribution in [0.3, 0.4) is 0 Å². The van der Waals surface area contributed by atoms with Crippen molar-refractivity contribution in [3.63, 3.8) is 0 Å². The zero-order chi connectivity index (χ0) is 22.6. The van der Waals surface area contributed by atoms with Gasteiger partial charge in [-0.05, 0) is 48.7 Å². The summed E-state index contributed by atoms with van der Waals surface area (Å²) in [6, 6.07) is 13.6. The fourth-order valence-electron chi connectivity index (χ4n) is 3.79. The standard InChI is InChI=1S/C22H25N5O4S/c28-27(29)22-16-20(32(30,31)25-13-3-1-2-4-14-25)10-11-21(22)23-17-18-6-8-19(9-7-18)26-15-5-12-24-26/h5-12,15-16,23H,1-4,13-14,17H2. The Hall–Kier alpha value is -3.24. The number of rotatable bonds is 7. The van der Waals surface area contributed by atoms with E-state index in [2.05, 4.69) is 10.4 Å². The van der Waals surface area contributed by atoms with Crippen molar-refractivity contribution in [2.24, 2.45) is 0 Å². The van der Waals surface area contributed by atoms with Crippen LogP contribution in [-0.2, 0) is 16.6 Å². The molecule has 1 N–H and O–H groups in total. The summed E-state index contributed by atoms with van der Waals surface area (Å²) in [5.74, 6) is 0. The smallest absolute Gasteiger partial charge is 0.293 e. The maximum absolute atomic E-state index is 13.0. The van der Waals surface area contributed by atoms with Crippen LogP contribution in [0.25, 0.3) is 5.69 Å². The van der Waals surface area contributed by atoms with E-state index >= 15 is 0 Å².